The number of aliphatic hydroxyl groups excluding tert-OH is 2. The molecule has 4 aliphatic carbocycles. The molecular formula is C32H52N2O4. The second kappa shape index (κ2) is 8.92. The fraction of sp³-hybridized carbons (Fsp3) is 0.938. The monoisotopic (exact) mass is 528 g/mol. The van der Waals surface area contributed by atoms with Gasteiger partial charge in [-0.3, -0.25) is 4.79 Å². The molecule has 38 heavy (non-hydrogen) atoms. The van der Waals surface area contributed by atoms with Gasteiger partial charge in [-0.2, -0.15) is 5.26 Å². The molecule has 0 aromatic rings. The average Bonchev–Trinajstić information content (AvgIpc) is 3.32. The fourth-order valence-electron chi connectivity index (χ4n) is 11.8. The molecule has 1 aliphatic heterocycles. The minimum atomic E-state index is -0.959. The van der Waals surface area contributed by atoms with E-state index in [2.05, 4.69) is 46.0 Å². The Kier molecular flexibility index (Phi) is 6.66. The summed E-state index contributed by atoms with van der Waals surface area (Å²) in [5.41, 5.74) is -0.0281. The molecule has 6 heteroatoms. The Bertz CT molecular complexity index is 1000. The van der Waals surface area contributed by atoms with Crippen LogP contribution in [0.1, 0.15) is 99.8 Å². The van der Waals surface area contributed by atoms with Crippen LogP contribution < -0.4 is 5.32 Å². The molecule has 0 spiro atoms. The average molecular weight is 529 g/mol. The Morgan fingerprint density at radius 1 is 1.11 bits per heavy atom. The van der Waals surface area contributed by atoms with Crippen molar-refractivity contribution in [1.29, 1.82) is 5.26 Å². The lowest BCUT2D eigenvalue weighted by Crippen LogP contribution is -2.65. The number of carbonyl (C=O) groups is 1. The Morgan fingerprint density at radius 2 is 1.82 bits per heavy atom. The first-order chi connectivity index (χ1) is 17.6. The minimum Gasteiger partial charge on any atom is -0.394 e. The molecule has 0 aromatic carbocycles. The Labute approximate surface area is 230 Å². The summed E-state index contributed by atoms with van der Waals surface area (Å²) in [5.74, 6) is 1.66. The number of hydrogen-bond acceptors (Lipinski definition) is 5. The van der Waals surface area contributed by atoms with Crippen LogP contribution in [-0.4, -0.2) is 48.1 Å². The largest absolute Gasteiger partial charge is 0.394 e. The van der Waals surface area contributed by atoms with E-state index >= 15 is 0 Å². The van der Waals surface area contributed by atoms with Gasteiger partial charge in [0.25, 0.3) is 0 Å². The third-order valence-electron chi connectivity index (χ3n) is 13.6. The Morgan fingerprint density at radius 3 is 2.45 bits per heavy atom. The van der Waals surface area contributed by atoms with Crippen LogP contribution >= 0.6 is 0 Å². The zero-order valence-corrected chi connectivity index (χ0v) is 24.9. The van der Waals surface area contributed by atoms with Crippen LogP contribution in [0.2, 0.25) is 0 Å². The van der Waals surface area contributed by atoms with Crippen molar-refractivity contribution in [3.8, 4) is 6.07 Å². The number of ether oxygens (including phenoxy) is 1. The number of fused-ring (bicyclic) bond motifs is 3. The van der Waals surface area contributed by atoms with E-state index in [9.17, 15) is 20.3 Å². The molecule has 214 valence electrons. The van der Waals surface area contributed by atoms with E-state index in [4.69, 9.17) is 4.74 Å². The van der Waals surface area contributed by atoms with Gasteiger partial charge in [0.15, 0.2) is 0 Å². The maximum atomic E-state index is 13.5. The molecule has 0 aromatic heterocycles. The summed E-state index contributed by atoms with van der Waals surface area (Å²) in [6.45, 7) is 16.9. The standard InChI is InChI=1S/C32H52N2O4/c1-27(2)18-32-13-12-30(6)21(24(32)25(27)38-19-32)8-9-23-29(5,14-15-33)22(10-11-31(23,30)7)28(3,4)26(37)34-16-20(36)17-35/h20-25,35-36H,8-14,16-19H2,1-7H3,(H,34,37)/t20?,21?,22?,23?,24?,25-,29+,30-,31-,32?/m1/s1. The molecule has 1 amide bonds. The van der Waals surface area contributed by atoms with Crippen molar-refractivity contribution in [2.75, 3.05) is 19.8 Å². The van der Waals surface area contributed by atoms with Gasteiger partial charge in [-0.1, -0.05) is 48.5 Å². The lowest BCUT2D eigenvalue weighted by molar-refractivity contribution is -0.221. The highest BCUT2D eigenvalue weighted by atomic mass is 16.5. The summed E-state index contributed by atoms with van der Waals surface area (Å²) in [6.07, 6.45) is 7.99. The van der Waals surface area contributed by atoms with Crippen LogP contribution in [0.5, 0.6) is 0 Å². The molecule has 1 heterocycles. The van der Waals surface area contributed by atoms with Gasteiger partial charge in [0.2, 0.25) is 5.91 Å². The molecule has 6 unspecified atom stereocenters. The van der Waals surface area contributed by atoms with Gasteiger partial charge in [-0.15, -0.1) is 0 Å². The number of amides is 1. The minimum absolute atomic E-state index is 0.0457. The molecule has 0 radical (unpaired) electrons. The first kappa shape index (κ1) is 28.4. The summed E-state index contributed by atoms with van der Waals surface area (Å²) in [4.78, 5) is 13.5. The Hall–Kier alpha value is -1.16. The second-order valence-electron chi connectivity index (χ2n) is 16.1. The van der Waals surface area contributed by atoms with Crippen LogP contribution in [0.4, 0.5) is 0 Å². The van der Waals surface area contributed by atoms with E-state index in [1.807, 2.05) is 13.8 Å². The first-order valence-corrected chi connectivity index (χ1v) is 15.2. The normalized spacial score (nSPS) is 47.8. The van der Waals surface area contributed by atoms with Crippen LogP contribution in [0.3, 0.4) is 0 Å². The highest BCUT2D eigenvalue weighted by Crippen LogP contribution is 2.78. The summed E-state index contributed by atoms with van der Waals surface area (Å²) in [6, 6.07) is 2.56. The van der Waals surface area contributed by atoms with Crippen molar-refractivity contribution >= 4 is 5.91 Å². The third-order valence-corrected chi connectivity index (χ3v) is 13.6. The van der Waals surface area contributed by atoms with E-state index in [0.717, 1.165) is 25.9 Å². The molecule has 4 saturated carbocycles. The highest BCUT2D eigenvalue weighted by molar-refractivity contribution is 5.82. The molecule has 5 aliphatic rings. The van der Waals surface area contributed by atoms with Crippen molar-refractivity contribution < 1.29 is 19.7 Å². The topological polar surface area (TPSA) is 103 Å². The molecular weight excluding hydrogens is 476 g/mol. The molecule has 3 N–H and O–H groups in total. The highest BCUT2D eigenvalue weighted by Gasteiger charge is 2.74. The van der Waals surface area contributed by atoms with Gasteiger partial charge in [0.1, 0.15) is 0 Å². The predicted molar refractivity (Wildman–Crippen MR) is 147 cm³/mol. The van der Waals surface area contributed by atoms with E-state index in [0.29, 0.717) is 35.7 Å². The SMILES string of the molecule is CC(C)(C(=O)NCC(O)CO)C1CC[C@]2(C)C(CCC3C4[C@H]5OCC4(CC[C@]32C)CC5(C)C)[C@@]1(C)CC#N. The van der Waals surface area contributed by atoms with Gasteiger partial charge < -0.3 is 20.3 Å². The fourth-order valence-corrected chi connectivity index (χ4v) is 11.8. The zero-order valence-electron chi connectivity index (χ0n) is 24.9. The van der Waals surface area contributed by atoms with Gasteiger partial charge in [0.05, 0.1) is 31.5 Å². The van der Waals surface area contributed by atoms with E-state index in [1.54, 1.807) is 0 Å². The molecule has 2 bridgehead atoms. The molecule has 5 rings (SSSR count). The maximum absolute atomic E-state index is 13.5. The van der Waals surface area contributed by atoms with E-state index in [-0.39, 0.29) is 46.6 Å². The van der Waals surface area contributed by atoms with Gasteiger partial charge in [-0.05, 0) is 95.7 Å². The smallest absolute Gasteiger partial charge is 0.226 e. The van der Waals surface area contributed by atoms with Crippen LogP contribution in [-0.2, 0) is 9.53 Å². The van der Waals surface area contributed by atoms with Gasteiger partial charge in [0, 0.05) is 18.4 Å². The molecule has 1 saturated heterocycles. The van der Waals surface area contributed by atoms with Gasteiger partial charge >= 0.3 is 0 Å². The van der Waals surface area contributed by atoms with Crippen LogP contribution in [0.15, 0.2) is 0 Å². The number of nitriles is 1. The van der Waals surface area contributed by atoms with E-state index in [1.165, 1.54) is 25.7 Å². The predicted octanol–water partition coefficient (Wildman–Crippen LogP) is 5.08. The lowest BCUT2D eigenvalue weighted by atomic mass is 9.33. The quantitative estimate of drug-likeness (QED) is 0.446. The number of rotatable bonds is 6. The van der Waals surface area contributed by atoms with Crippen molar-refractivity contribution in [3.63, 3.8) is 0 Å². The number of nitrogens with one attached hydrogen (secondary N) is 1. The number of aliphatic hydroxyl groups is 2. The van der Waals surface area contributed by atoms with Crippen LogP contribution in [0.25, 0.3) is 0 Å². The first-order valence-electron chi connectivity index (χ1n) is 15.2. The number of hydrogen-bond donors (Lipinski definition) is 3. The lowest BCUT2D eigenvalue weighted by Gasteiger charge is -2.70. The van der Waals surface area contributed by atoms with E-state index < -0.39 is 11.5 Å². The van der Waals surface area contributed by atoms with Crippen molar-refractivity contribution in [1.82, 2.24) is 5.32 Å². The summed E-state index contributed by atoms with van der Waals surface area (Å²) in [5, 5.41) is 32.0. The van der Waals surface area contributed by atoms with Gasteiger partial charge in [-0.25, -0.2) is 0 Å². The van der Waals surface area contributed by atoms with Crippen LogP contribution in [0, 0.1) is 67.5 Å². The molecule has 5 fully saturated rings. The van der Waals surface area contributed by atoms with Crippen molar-refractivity contribution in [2.45, 2.75) is 112 Å². The zero-order chi connectivity index (χ0) is 27.9. The van der Waals surface area contributed by atoms with Crippen molar-refractivity contribution in [3.05, 3.63) is 0 Å². The number of carbonyl (C=O) groups excluding carboxylic acids is 1. The third kappa shape index (κ3) is 3.63. The number of nitrogens with zero attached hydrogens (tertiary/aromatic N) is 1. The summed E-state index contributed by atoms with van der Waals surface area (Å²) >= 11 is 0. The Balaban J connectivity index is 1.47. The second-order valence-corrected chi connectivity index (χ2v) is 16.1. The molecule has 10 atom stereocenters. The molecule has 6 nitrogen and oxygen atoms in total. The summed E-state index contributed by atoms with van der Waals surface area (Å²) in [7, 11) is 0. The van der Waals surface area contributed by atoms with Crippen molar-refractivity contribution in [2.24, 2.45) is 56.2 Å². The summed E-state index contributed by atoms with van der Waals surface area (Å²) < 4.78 is 6.56. The maximum Gasteiger partial charge on any atom is 0.226 e.